The van der Waals surface area contributed by atoms with E-state index in [4.69, 9.17) is 9.72 Å². The highest BCUT2D eigenvalue weighted by molar-refractivity contribution is 6.11. The molecular formula is C83H78N4O. The predicted molar refractivity (Wildman–Crippen MR) is 370 cm³/mol. The number of benzene rings is 10. The maximum Gasteiger partial charge on any atom is 0.137 e. The molecule has 2 aromatic heterocycles. The van der Waals surface area contributed by atoms with Crippen LogP contribution < -0.4 is 14.5 Å². The minimum atomic E-state index is -0.732. The summed E-state index contributed by atoms with van der Waals surface area (Å²) in [6.45, 7) is 28.1. The standard InChI is InChI=1S/C83H78N4O/c1-79(2,3)56-38-40-57(41-39-56)83(70-33-21-19-30-64(70)65-31-20-22-34-71(65)83)60-46-61(51-63(47-60)88-62-42-43-66-67-32-25-35-72(82(10,11)12)78(67)87(75(66)52-62)76-50-58(44-45-84-76)80(4,5)6)85-53-86(74-37-24-23-36-73(74)85)77-68(54-26-15-13-16-27-54)48-59(81(7,8)9)49-69(77)55-28-17-14-18-29-55/h13-52H,53H2,1-12H3. The predicted octanol–water partition coefficient (Wildman–Crippen LogP) is 22.1. The van der Waals surface area contributed by atoms with Gasteiger partial charge in [0.25, 0.3) is 0 Å². The molecule has 0 bridgehead atoms. The second kappa shape index (κ2) is 20.9. The average Bonchev–Trinajstić information content (AvgIpc) is 1.67. The molecule has 1 aliphatic heterocycles. The van der Waals surface area contributed by atoms with Gasteiger partial charge < -0.3 is 14.5 Å². The SMILES string of the molecule is CC(C)(C)c1ccc(C2(c3cc(Oc4ccc5c6cccc(C(C)(C)C)c6n(-c6cc(C(C)(C)C)ccn6)c5c4)cc(N4CN(c5c(-c6ccccc6)cc(C(C)(C)C)cc5-c5ccccc5)c5ccccc54)c3)c3ccccc3-c3ccccc32)cc1. The number of hydrogen-bond acceptors (Lipinski definition) is 4. The van der Waals surface area contributed by atoms with Crippen LogP contribution in [0.2, 0.25) is 0 Å². The molecule has 0 spiro atoms. The van der Waals surface area contributed by atoms with Gasteiger partial charge in [-0.15, -0.1) is 0 Å². The molecule has 5 heteroatoms. The molecule has 0 saturated carbocycles. The summed E-state index contributed by atoms with van der Waals surface area (Å²) < 4.78 is 9.98. The molecule has 5 nitrogen and oxygen atoms in total. The molecular weight excluding hydrogens is 1070 g/mol. The molecule has 0 saturated heterocycles. The Bertz CT molecular complexity index is 4550. The number of ether oxygens (including phenoxy) is 1. The molecule has 0 atom stereocenters. The zero-order chi connectivity index (χ0) is 61.1. The summed E-state index contributed by atoms with van der Waals surface area (Å²) in [5.41, 5.74) is 22.7. The first-order valence-electron chi connectivity index (χ1n) is 31.3. The van der Waals surface area contributed by atoms with Crippen molar-refractivity contribution in [2.24, 2.45) is 0 Å². The number of aromatic nitrogens is 2. The van der Waals surface area contributed by atoms with Crippen molar-refractivity contribution < 1.29 is 4.74 Å². The third-order valence-electron chi connectivity index (χ3n) is 18.6. The maximum atomic E-state index is 7.59. The van der Waals surface area contributed by atoms with E-state index < -0.39 is 5.41 Å². The smallest absolute Gasteiger partial charge is 0.137 e. The Kier molecular flexibility index (Phi) is 13.4. The number of para-hydroxylation sites is 3. The fourth-order valence-electron chi connectivity index (χ4n) is 14.0. The second-order valence-electron chi connectivity index (χ2n) is 28.5. The van der Waals surface area contributed by atoms with Gasteiger partial charge in [-0.3, -0.25) is 4.57 Å². The molecule has 12 aromatic rings. The van der Waals surface area contributed by atoms with Crippen LogP contribution in [0.25, 0.3) is 61.0 Å². The summed E-state index contributed by atoms with van der Waals surface area (Å²) in [6, 6.07) is 88.3. The fourth-order valence-corrected chi connectivity index (χ4v) is 14.0. The van der Waals surface area contributed by atoms with E-state index in [1.165, 1.54) is 88.9 Å². The Balaban J connectivity index is 1.02. The van der Waals surface area contributed by atoms with E-state index in [0.717, 1.165) is 50.8 Å². The summed E-state index contributed by atoms with van der Waals surface area (Å²) in [4.78, 5) is 10.2. The van der Waals surface area contributed by atoms with Crippen molar-refractivity contribution in [3.63, 3.8) is 0 Å². The van der Waals surface area contributed by atoms with Crippen molar-refractivity contribution in [3.8, 4) is 50.7 Å². The zero-order valence-corrected chi connectivity index (χ0v) is 53.0. The Morgan fingerprint density at radius 2 is 0.966 bits per heavy atom. The molecule has 14 rings (SSSR count). The van der Waals surface area contributed by atoms with Gasteiger partial charge in [-0.1, -0.05) is 247 Å². The van der Waals surface area contributed by atoms with Gasteiger partial charge in [0.15, 0.2) is 0 Å². The molecule has 0 amide bonds. The van der Waals surface area contributed by atoms with E-state index in [1.54, 1.807) is 0 Å². The van der Waals surface area contributed by atoms with Gasteiger partial charge in [-0.05, 0) is 149 Å². The van der Waals surface area contributed by atoms with Gasteiger partial charge in [-0.25, -0.2) is 4.98 Å². The lowest BCUT2D eigenvalue weighted by atomic mass is 9.67. The van der Waals surface area contributed by atoms with E-state index in [1.807, 2.05) is 6.20 Å². The topological polar surface area (TPSA) is 33.5 Å². The number of fused-ring (bicyclic) bond motifs is 7. The lowest BCUT2D eigenvalue weighted by Gasteiger charge is -2.35. The Labute approximate surface area is 520 Å². The number of pyridine rings is 1. The number of nitrogens with zero attached hydrogens (tertiary/aromatic N) is 4. The van der Waals surface area contributed by atoms with Crippen molar-refractivity contribution in [3.05, 3.63) is 287 Å². The van der Waals surface area contributed by atoms with Crippen LogP contribution in [-0.2, 0) is 27.1 Å². The average molecular weight is 1150 g/mol. The molecule has 10 aromatic carbocycles. The lowest BCUT2D eigenvalue weighted by Crippen LogP contribution is -2.30. The Hall–Kier alpha value is -9.45. The van der Waals surface area contributed by atoms with Crippen LogP contribution in [0.5, 0.6) is 11.5 Å². The van der Waals surface area contributed by atoms with Crippen LogP contribution in [0, 0.1) is 0 Å². The molecule has 0 unspecified atom stereocenters. The summed E-state index contributed by atoms with van der Waals surface area (Å²) in [5, 5.41) is 2.34. The van der Waals surface area contributed by atoms with Crippen LogP contribution in [0.3, 0.4) is 0 Å². The largest absolute Gasteiger partial charge is 0.457 e. The van der Waals surface area contributed by atoms with Crippen molar-refractivity contribution in [2.75, 3.05) is 16.5 Å². The number of anilines is 4. The van der Waals surface area contributed by atoms with Gasteiger partial charge in [0, 0.05) is 45.9 Å². The summed E-state index contributed by atoms with van der Waals surface area (Å²) >= 11 is 0. The quantitative estimate of drug-likeness (QED) is 0.144. The molecule has 0 N–H and O–H groups in total. The third-order valence-corrected chi connectivity index (χ3v) is 18.6. The normalized spacial score (nSPS) is 13.9. The Morgan fingerprint density at radius 1 is 0.398 bits per heavy atom. The highest BCUT2D eigenvalue weighted by atomic mass is 16.5. The van der Waals surface area contributed by atoms with Gasteiger partial charge in [-0.2, -0.15) is 0 Å². The van der Waals surface area contributed by atoms with Crippen LogP contribution in [0.4, 0.5) is 22.7 Å². The first-order chi connectivity index (χ1) is 42.2. The molecule has 2 aliphatic rings. The molecule has 88 heavy (non-hydrogen) atoms. The minimum Gasteiger partial charge on any atom is -0.457 e. The lowest BCUT2D eigenvalue weighted by molar-refractivity contribution is 0.482. The van der Waals surface area contributed by atoms with E-state index in [9.17, 15) is 0 Å². The molecule has 0 radical (unpaired) electrons. The first-order valence-corrected chi connectivity index (χ1v) is 31.3. The highest BCUT2D eigenvalue weighted by Gasteiger charge is 2.47. The van der Waals surface area contributed by atoms with Crippen LogP contribution in [0.15, 0.2) is 243 Å². The summed E-state index contributed by atoms with van der Waals surface area (Å²) in [5.74, 6) is 2.37. The summed E-state index contributed by atoms with van der Waals surface area (Å²) in [7, 11) is 0. The van der Waals surface area contributed by atoms with Gasteiger partial charge in [0.05, 0.1) is 33.5 Å². The van der Waals surface area contributed by atoms with Gasteiger partial charge in [0.2, 0.25) is 0 Å². The van der Waals surface area contributed by atoms with Gasteiger partial charge in [0.1, 0.15) is 24.0 Å². The molecule has 436 valence electrons. The van der Waals surface area contributed by atoms with E-state index in [2.05, 4.69) is 334 Å². The van der Waals surface area contributed by atoms with E-state index in [0.29, 0.717) is 6.67 Å². The highest BCUT2D eigenvalue weighted by Crippen LogP contribution is 2.59. The zero-order valence-electron chi connectivity index (χ0n) is 53.0. The minimum absolute atomic E-state index is 0.0342. The van der Waals surface area contributed by atoms with Gasteiger partial charge >= 0.3 is 0 Å². The summed E-state index contributed by atoms with van der Waals surface area (Å²) in [6.07, 6.45) is 1.97. The van der Waals surface area contributed by atoms with Crippen molar-refractivity contribution in [2.45, 2.75) is 110 Å². The fraction of sp³-hybridized carbons (Fsp3) is 0.217. The van der Waals surface area contributed by atoms with Crippen LogP contribution >= 0.6 is 0 Å². The molecule has 0 fully saturated rings. The second-order valence-corrected chi connectivity index (χ2v) is 28.5. The number of rotatable bonds is 9. The van der Waals surface area contributed by atoms with Crippen molar-refractivity contribution in [1.29, 1.82) is 0 Å². The number of hydrogen-bond donors (Lipinski definition) is 0. The van der Waals surface area contributed by atoms with Crippen LogP contribution in [0.1, 0.15) is 128 Å². The first kappa shape index (κ1) is 56.4. The monoisotopic (exact) mass is 1150 g/mol. The molecule has 3 heterocycles. The molecule has 1 aliphatic carbocycles. The van der Waals surface area contributed by atoms with E-state index >= 15 is 0 Å². The van der Waals surface area contributed by atoms with E-state index in [-0.39, 0.29) is 21.7 Å². The third kappa shape index (κ3) is 9.49. The van der Waals surface area contributed by atoms with Crippen molar-refractivity contribution >= 4 is 44.6 Å². The van der Waals surface area contributed by atoms with Crippen LogP contribution in [-0.4, -0.2) is 16.2 Å². The maximum absolute atomic E-state index is 7.59. The van der Waals surface area contributed by atoms with Crippen molar-refractivity contribution in [1.82, 2.24) is 9.55 Å². The Morgan fingerprint density at radius 3 is 1.56 bits per heavy atom.